The van der Waals surface area contributed by atoms with Crippen LogP contribution in [0.2, 0.25) is 0 Å². The minimum Gasteiger partial charge on any atom is -0.385 e. The van der Waals surface area contributed by atoms with Crippen LogP contribution < -0.4 is 0 Å². The van der Waals surface area contributed by atoms with E-state index in [1.54, 1.807) is 7.11 Å². The molecule has 0 heterocycles. The summed E-state index contributed by atoms with van der Waals surface area (Å²) in [6.07, 6.45) is 7.85. The van der Waals surface area contributed by atoms with Crippen molar-refractivity contribution in [1.29, 1.82) is 0 Å². The zero-order valence-corrected chi connectivity index (χ0v) is 26.1. The summed E-state index contributed by atoms with van der Waals surface area (Å²) in [7, 11) is 3.49. The number of methoxy groups -OCH3 is 1. The smallest absolute Gasteiger partial charge is 0.158 e. The number of ether oxygens (including phenoxy) is 5. The molecular weight excluding hydrogens is 484 g/mol. The Kier molecular flexibility index (Phi) is 24.1. The number of hydroxylamine groups is 2. The van der Waals surface area contributed by atoms with E-state index in [2.05, 4.69) is 60.5 Å². The van der Waals surface area contributed by atoms with Crippen molar-refractivity contribution >= 4 is 17.2 Å². The summed E-state index contributed by atoms with van der Waals surface area (Å²) in [4.78, 5) is 6.07. The van der Waals surface area contributed by atoms with Crippen molar-refractivity contribution < 1.29 is 28.5 Å². The second kappa shape index (κ2) is 23.7. The number of hydrogen-bond acceptors (Lipinski definition) is 7. The molecule has 7 nitrogen and oxygen atoms in total. The van der Waals surface area contributed by atoms with Crippen LogP contribution in [0.25, 0.3) is 0 Å². The van der Waals surface area contributed by atoms with Gasteiger partial charge in [-0.15, -0.1) is 17.2 Å². The maximum Gasteiger partial charge on any atom is 0.158 e. The summed E-state index contributed by atoms with van der Waals surface area (Å²) in [5.74, 6) is 0. The number of hydrogen-bond donors (Lipinski definition) is 0. The van der Waals surface area contributed by atoms with Gasteiger partial charge in [-0.25, -0.2) is 0 Å². The van der Waals surface area contributed by atoms with Gasteiger partial charge in [-0.05, 0) is 86.5 Å². The van der Waals surface area contributed by atoms with E-state index in [1.165, 1.54) is 0 Å². The van der Waals surface area contributed by atoms with E-state index in [4.69, 9.17) is 28.5 Å². The zero-order valence-electron chi connectivity index (χ0n) is 24.1. The highest BCUT2D eigenvalue weighted by Gasteiger charge is 2.15. The van der Waals surface area contributed by atoms with Crippen molar-refractivity contribution in [3.63, 3.8) is 0 Å². The van der Waals surface area contributed by atoms with Crippen molar-refractivity contribution in [2.24, 2.45) is 0 Å². The highest BCUT2D eigenvalue weighted by atomic mass is 31.1. The van der Waals surface area contributed by atoms with Gasteiger partial charge in [0, 0.05) is 39.6 Å². The standard InChI is InChI=1S/C26H57NO6P2/c1-21(2)30-25(31-22(3)4)11-17-34-19-13-27(29-16-10-15-28-9)14-20-35-18-12-26(32-23(5)6)33-24(7)8/h21-26,34-35H,10-20H2,1-9H3. The Hall–Kier alpha value is 0.580. The summed E-state index contributed by atoms with van der Waals surface area (Å²) in [5.41, 5.74) is 0. The van der Waals surface area contributed by atoms with Gasteiger partial charge in [0.25, 0.3) is 0 Å². The van der Waals surface area contributed by atoms with Gasteiger partial charge in [-0.3, -0.25) is 4.84 Å². The van der Waals surface area contributed by atoms with E-state index in [0.29, 0.717) is 6.61 Å². The molecule has 0 rings (SSSR count). The summed E-state index contributed by atoms with van der Waals surface area (Å²) < 4.78 is 28.8. The Bertz CT molecular complexity index is 404. The van der Waals surface area contributed by atoms with Crippen molar-refractivity contribution in [1.82, 2.24) is 5.06 Å². The second-order valence-corrected chi connectivity index (χ2v) is 12.8. The average Bonchev–Trinajstić information content (AvgIpc) is 2.73. The maximum atomic E-state index is 6.07. The van der Waals surface area contributed by atoms with Gasteiger partial charge in [0.2, 0.25) is 0 Å². The molecule has 212 valence electrons. The minimum absolute atomic E-state index is 0.103. The molecular formula is C26H57NO6P2. The topological polar surface area (TPSA) is 58.6 Å². The van der Waals surface area contributed by atoms with E-state index in [0.717, 1.165) is 80.8 Å². The molecule has 2 atom stereocenters. The maximum absolute atomic E-state index is 6.07. The van der Waals surface area contributed by atoms with Gasteiger partial charge in [0.1, 0.15) is 0 Å². The lowest BCUT2D eigenvalue weighted by molar-refractivity contribution is -0.181. The Morgan fingerprint density at radius 3 is 1.31 bits per heavy atom. The number of nitrogens with zero attached hydrogens (tertiary/aromatic N) is 1. The average molecular weight is 542 g/mol. The third-order valence-electron chi connectivity index (χ3n) is 4.65. The SMILES string of the molecule is COCCCON(CCPCCC(OC(C)C)OC(C)C)CCPCCC(OC(C)C)OC(C)C. The summed E-state index contributed by atoms with van der Waals surface area (Å²) in [6.45, 7) is 19.9. The molecule has 0 aliphatic heterocycles. The molecule has 0 bridgehead atoms. The lowest BCUT2D eigenvalue weighted by atomic mass is 10.4. The highest BCUT2D eigenvalue weighted by molar-refractivity contribution is 7.38. The van der Waals surface area contributed by atoms with Crippen molar-refractivity contribution in [3.8, 4) is 0 Å². The summed E-state index contributed by atoms with van der Waals surface area (Å²) in [6, 6.07) is 0. The van der Waals surface area contributed by atoms with Crippen LogP contribution in [0.1, 0.15) is 74.7 Å². The largest absolute Gasteiger partial charge is 0.385 e. The van der Waals surface area contributed by atoms with E-state index in [9.17, 15) is 0 Å². The van der Waals surface area contributed by atoms with Crippen molar-refractivity contribution in [3.05, 3.63) is 0 Å². The fourth-order valence-corrected chi connectivity index (χ4v) is 5.48. The van der Waals surface area contributed by atoms with Crippen LogP contribution in [0.15, 0.2) is 0 Å². The molecule has 0 aliphatic rings. The molecule has 0 saturated carbocycles. The summed E-state index contributed by atoms with van der Waals surface area (Å²) >= 11 is 0. The predicted octanol–water partition coefficient (Wildman–Crippen LogP) is 5.75. The molecule has 35 heavy (non-hydrogen) atoms. The lowest BCUT2D eigenvalue weighted by Gasteiger charge is -2.24. The van der Waals surface area contributed by atoms with Gasteiger partial charge < -0.3 is 23.7 Å². The first-order chi connectivity index (χ1) is 16.6. The molecule has 2 unspecified atom stereocenters. The molecule has 0 aromatic rings. The van der Waals surface area contributed by atoms with Crippen LogP contribution in [-0.4, -0.2) is 100 Å². The first-order valence-electron chi connectivity index (χ1n) is 13.5. The Morgan fingerprint density at radius 2 is 0.971 bits per heavy atom. The van der Waals surface area contributed by atoms with Gasteiger partial charge in [0.05, 0.1) is 31.0 Å². The molecule has 0 radical (unpaired) electrons. The zero-order chi connectivity index (χ0) is 26.5. The fraction of sp³-hybridized carbons (Fsp3) is 1.00. The van der Waals surface area contributed by atoms with Gasteiger partial charge >= 0.3 is 0 Å². The predicted molar refractivity (Wildman–Crippen MR) is 152 cm³/mol. The molecule has 0 aromatic carbocycles. The molecule has 0 fully saturated rings. The van der Waals surface area contributed by atoms with Crippen LogP contribution >= 0.6 is 17.2 Å². The fourth-order valence-electron chi connectivity index (χ4n) is 3.29. The van der Waals surface area contributed by atoms with Crippen LogP contribution in [0.4, 0.5) is 0 Å². The van der Waals surface area contributed by atoms with Gasteiger partial charge in [-0.1, -0.05) is 0 Å². The lowest BCUT2D eigenvalue weighted by Crippen LogP contribution is -2.30. The van der Waals surface area contributed by atoms with E-state index >= 15 is 0 Å². The van der Waals surface area contributed by atoms with Crippen LogP contribution in [0, 0.1) is 0 Å². The third-order valence-corrected chi connectivity index (χ3v) is 7.09. The highest BCUT2D eigenvalue weighted by Crippen LogP contribution is 2.19. The van der Waals surface area contributed by atoms with Crippen molar-refractivity contribution in [2.45, 2.75) is 112 Å². The van der Waals surface area contributed by atoms with E-state index in [-0.39, 0.29) is 37.0 Å². The van der Waals surface area contributed by atoms with E-state index in [1.807, 2.05) is 0 Å². The van der Waals surface area contributed by atoms with Gasteiger partial charge in [0.15, 0.2) is 12.6 Å². The second-order valence-electron chi connectivity index (χ2n) is 9.78. The normalized spacial score (nSPS) is 13.4. The van der Waals surface area contributed by atoms with Crippen LogP contribution in [0.5, 0.6) is 0 Å². The molecule has 0 amide bonds. The quantitative estimate of drug-likeness (QED) is 0.0632. The third kappa shape index (κ3) is 24.7. The molecule has 0 aromatic heterocycles. The molecule has 0 spiro atoms. The Labute approximate surface area is 220 Å². The molecule has 0 saturated heterocycles. The molecule has 0 N–H and O–H groups in total. The monoisotopic (exact) mass is 541 g/mol. The van der Waals surface area contributed by atoms with Crippen LogP contribution in [-0.2, 0) is 28.5 Å². The van der Waals surface area contributed by atoms with Crippen molar-refractivity contribution in [2.75, 3.05) is 58.1 Å². The molecule has 9 heteroatoms. The minimum atomic E-state index is -0.103. The molecule has 0 aliphatic carbocycles. The van der Waals surface area contributed by atoms with Crippen LogP contribution in [0.3, 0.4) is 0 Å². The van der Waals surface area contributed by atoms with E-state index < -0.39 is 0 Å². The first-order valence-corrected chi connectivity index (χ1v) is 16.4. The Morgan fingerprint density at radius 1 is 0.571 bits per heavy atom. The first kappa shape index (κ1) is 35.6. The number of rotatable bonds is 25. The summed E-state index contributed by atoms with van der Waals surface area (Å²) in [5, 5.41) is 2.16. The van der Waals surface area contributed by atoms with Gasteiger partial charge in [-0.2, -0.15) is 5.06 Å². The Balaban J connectivity index is 4.33.